The van der Waals surface area contributed by atoms with Crippen LogP contribution in [-0.2, 0) is 14.9 Å². The number of thiazole rings is 1. The average molecular weight is 521 g/mol. The largest absolute Gasteiger partial charge is 0.497 e. The lowest BCUT2D eigenvalue weighted by atomic mass is 9.87. The maximum absolute atomic E-state index is 13.9. The summed E-state index contributed by atoms with van der Waals surface area (Å²) >= 11 is 1.29. The number of hydrogen-bond acceptors (Lipinski definition) is 7. The summed E-state index contributed by atoms with van der Waals surface area (Å²) in [4.78, 5) is 32.1. The molecule has 1 atom stereocenters. The molecule has 1 aliphatic heterocycles. The lowest BCUT2D eigenvalue weighted by molar-refractivity contribution is -0.139. The summed E-state index contributed by atoms with van der Waals surface area (Å²) in [5, 5.41) is 0. The van der Waals surface area contributed by atoms with Crippen molar-refractivity contribution in [3.05, 3.63) is 90.1 Å². The molecule has 2 heterocycles. The highest BCUT2D eigenvalue weighted by Gasteiger charge is 2.35. The van der Waals surface area contributed by atoms with Gasteiger partial charge < -0.3 is 14.2 Å². The van der Waals surface area contributed by atoms with Gasteiger partial charge in [-0.3, -0.25) is 9.36 Å². The van der Waals surface area contributed by atoms with Gasteiger partial charge in [0.2, 0.25) is 0 Å². The lowest BCUT2D eigenvalue weighted by Gasteiger charge is -2.26. The highest BCUT2D eigenvalue weighted by molar-refractivity contribution is 7.07. The predicted molar refractivity (Wildman–Crippen MR) is 145 cm³/mol. The monoisotopic (exact) mass is 520 g/mol. The molecule has 194 valence electrons. The van der Waals surface area contributed by atoms with E-state index in [1.54, 1.807) is 50.8 Å². The van der Waals surface area contributed by atoms with Crippen LogP contribution in [0.15, 0.2) is 63.5 Å². The number of aromatic nitrogens is 1. The molecule has 0 aliphatic carbocycles. The Hall–Kier alpha value is -3.65. The number of carbonyl (C=O) groups excluding carboxylic acids is 1. The zero-order valence-corrected chi connectivity index (χ0v) is 23.1. The van der Waals surface area contributed by atoms with Crippen LogP contribution in [0.2, 0.25) is 0 Å². The summed E-state index contributed by atoms with van der Waals surface area (Å²) < 4.78 is 18.5. The molecule has 0 spiro atoms. The molecule has 7 nitrogen and oxygen atoms in total. The van der Waals surface area contributed by atoms with Crippen molar-refractivity contribution in [2.45, 2.75) is 46.1 Å². The van der Waals surface area contributed by atoms with Gasteiger partial charge in [-0.05, 0) is 54.7 Å². The molecule has 0 fully saturated rings. The number of esters is 1. The minimum atomic E-state index is -0.786. The van der Waals surface area contributed by atoms with Crippen LogP contribution in [0.25, 0.3) is 6.08 Å². The van der Waals surface area contributed by atoms with Gasteiger partial charge in [-0.25, -0.2) is 9.79 Å². The van der Waals surface area contributed by atoms with Crippen LogP contribution in [0.1, 0.15) is 57.4 Å². The Balaban J connectivity index is 1.95. The van der Waals surface area contributed by atoms with Crippen molar-refractivity contribution in [3.8, 4) is 11.5 Å². The van der Waals surface area contributed by atoms with E-state index in [-0.39, 0.29) is 17.6 Å². The Kier molecular flexibility index (Phi) is 7.41. The van der Waals surface area contributed by atoms with Crippen molar-refractivity contribution >= 4 is 23.4 Å². The summed E-state index contributed by atoms with van der Waals surface area (Å²) in [7, 11) is 3.12. The number of methoxy groups -OCH3 is 2. The number of rotatable bonds is 6. The summed E-state index contributed by atoms with van der Waals surface area (Å²) in [6.45, 7) is 10.2. The topological polar surface area (TPSA) is 79.1 Å². The van der Waals surface area contributed by atoms with Crippen LogP contribution in [0.5, 0.6) is 11.5 Å². The average Bonchev–Trinajstić information content (AvgIpc) is 3.16. The predicted octanol–water partition coefficient (Wildman–Crippen LogP) is 4.11. The van der Waals surface area contributed by atoms with E-state index in [0.717, 1.165) is 5.56 Å². The normalized spacial score (nSPS) is 15.8. The molecule has 4 rings (SSSR count). The molecule has 0 radical (unpaired) electrons. The first-order chi connectivity index (χ1) is 17.6. The standard InChI is InChI=1S/C29H32N2O5S/c1-8-36-27(33)24-17(2)30-28-31(25(24)21-16-20(34-6)13-14-22(21)35-7)26(32)23(37-28)15-18-9-11-19(12-10-18)29(3,4)5/h9-16,25H,8H2,1-7H3/b23-15-/t25-/m0/s1. The van der Waals surface area contributed by atoms with Crippen molar-refractivity contribution in [1.29, 1.82) is 0 Å². The van der Waals surface area contributed by atoms with Crippen LogP contribution >= 0.6 is 11.3 Å². The van der Waals surface area contributed by atoms with E-state index in [1.807, 2.05) is 18.2 Å². The molecule has 2 aromatic carbocycles. The molecule has 0 bridgehead atoms. The van der Waals surface area contributed by atoms with Crippen molar-refractivity contribution in [1.82, 2.24) is 4.57 Å². The number of nitrogens with zero attached hydrogens (tertiary/aromatic N) is 2. The highest BCUT2D eigenvalue weighted by atomic mass is 32.1. The Morgan fingerprint density at radius 2 is 1.81 bits per heavy atom. The minimum Gasteiger partial charge on any atom is -0.497 e. The first-order valence-corrected chi connectivity index (χ1v) is 12.9. The van der Waals surface area contributed by atoms with E-state index in [9.17, 15) is 9.59 Å². The summed E-state index contributed by atoms with van der Waals surface area (Å²) in [5.41, 5.74) is 3.32. The molecule has 0 saturated heterocycles. The Labute approximate surface area is 220 Å². The molecule has 1 aromatic heterocycles. The number of allylic oxidation sites excluding steroid dienone is 1. The second-order valence-electron chi connectivity index (χ2n) is 9.78. The zero-order valence-electron chi connectivity index (χ0n) is 22.2. The molecule has 0 amide bonds. The summed E-state index contributed by atoms with van der Waals surface area (Å²) in [6, 6.07) is 12.7. The SMILES string of the molecule is CCOC(=O)C1=C(C)N=c2s/c(=C\c3ccc(C(C)(C)C)cc3)c(=O)n2[C@H]1c1cc(OC)ccc1OC. The molecule has 37 heavy (non-hydrogen) atoms. The summed E-state index contributed by atoms with van der Waals surface area (Å²) in [6.07, 6.45) is 1.86. The van der Waals surface area contributed by atoms with Crippen molar-refractivity contribution < 1.29 is 19.0 Å². The molecule has 3 aromatic rings. The maximum Gasteiger partial charge on any atom is 0.338 e. The fourth-order valence-electron chi connectivity index (χ4n) is 4.37. The zero-order chi connectivity index (χ0) is 26.9. The smallest absolute Gasteiger partial charge is 0.338 e. The Morgan fingerprint density at radius 3 is 2.41 bits per heavy atom. The number of fused-ring (bicyclic) bond motifs is 1. The Bertz CT molecular complexity index is 1540. The molecule has 0 unspecified atom stereocenters. The van der Waals surface area contributed by atoms with Gasteiger partial charge in [0.25, 0.3) is 5.56 Å². The van der Waals surface area contributed by atoms with Gasteiger partial charge in [0.1, 0.15) is 17.5 Å². The quantitative estimate of drug-likeness (QED) is 0.457. The molecule has 0 N–H and O–H groups in total. The number of hydrogen-bond donors (Lipinski definition) is 0. The third-order valence-electron chi connectivity index (χ3n) is 6.32. The number of benzene rings is 2. The fraction of sp³-hybridized carbons (Fsp3) is 0.345. The molecular formula is C29H32N2O5S. The van der Waals surface area contributed by atoms with E-state index in [0.29, 0.717) is 37.7 Å². The number of carbonyl (C=O) groups is 1. The van der Waals surface area contributed by atoms with Crippen LogP contribution in [-0.4, -0.2) is 31.4 Å². The maximum atomic E-state index is 13.9. The van der Waals surface area contributed by atoms with Crippen LogP contribution in [0.4, 0.5) is 0 Å². The van der Waals surface area contributed by atoms with Gasteiger partial charge in [0, 0.05) is 5.56 Å². The van der Waals surface area contributed by atoms with Gasteiger partial charge in [-0.15, -0.1) is 0 Å². The second kappa shape index (κ2) is 10.4. The van der Waals surface area contributed by atoms with Gasteiger partial charge in [0.15, 0.2) is 4.80 Å². The molecule has 0 saturated carbocycles. The first kappa shape index (κ1) is 26.4. The third kappa shape index (κ3) is 5.11. The lowest BCUT2D eigenvalue weighted by Crippen LogP contribution is -2.40. The van der Waals surface area contributed by atoms with Crippen molar-refractivity contribution in [2.24, 2.45) is 4.99 Å². The molecule has 8 heteroatoms. The molecule has 1 aliphatic rings. The van der Waals surface area contributed by atoms with Gasteiger partial charge in [-0.2, -0.15) is 0 Å². The highest BCUT2D eigenvalue weighted by Crippen LogP contribution is 2.37. The van der Waals surface area contributed by atoms with Crippen LogP contribution in [0, 0.1) is 0 Å². The van der Waals surface area contributed by atoms with Crippen LogP contribution < -0.4 is 24.4 Å². The van der Waals surface area contributed by atoms with Crippen LogP contribution in [0.3, 0.4) is 0 Å². The van der Waals surface area contributed by atoms with E-state index in [1.165, 1.54) is 16.9 Å². The second-order valence-corrected chi connectivity index (χ2v) is 10.8. The third-order valence-corrected chi connectivity index (χ3v) is 7.31. The van der Waals surface area contributed by atoms with E-state index in [2.05, 4.69) is 37.9 Å². The van der Waals surface area contributed by atoms with Gasteiger partial charge in [-0.1, -0.05) is 56.4 Å². The van der Waals surface area contributed by atoms with Crippen molar-refractivity contribution in [2.75, 3.05) is 20.8 Å². The van der Waals surface area contributed by atoms with Crippen molar-refractivity contribution in [3.63, 3.8) is 0 Å². The van der Waals surface area contributed by atoms with E-state index < -0.39 is 12.0 Å². The minimum absolute atomic E-state index is 0.0364. The first-order valence-electron chi connectivity index (χ1n) is 12.1. The van der Waals surface area contributed by atoms with E-state index >= 15 is 0 Å². The summed E-state index contributed by atoms with van der Waals surface area (Å²) in [5.74, 6) is 0.579. The van der Waals surface area contributed by atoms with Gasteiger partial charge >= 0.3 is 5.97 Å². The fourth-order valence-corrected chi connectivity index (χ4v) is 5.42. The number of ether oxygens (including phenoxy) is 3. The van der Waals surface area contributed by atoms with Gasteiger partial charge in [0.05, 0.1) is 36.6 Å². The Morgan fingerprint density at radius 1 is 1.11 bits per heavy atom. The molecular weight excluding hydrogens is 488 g/mol. The van der Waals surface area contributed by atoms with E-state index in [4.69, 9.17) is 14.2 Å².